The zero-order valence-electron chi connectivity index (χ0n) is 9.91. The molecule has 0 radical (unpaired) electrons. The number of fused-ring (bicyclic) bond motifs is 2. The fraction of sp³-hybridized carbons (Fsp3) is 1.00. The van der Waals surface area contributed by atoms with Crippen LogP contribution >= 0.6 is 0 Å². The first-order chi connectivity index (χ1) is 7.31. The number of nitrogens with one attached hydrogen (secondary N) is 1. The molecule has 3 aliphatic rings. The van der Waals surface area contributed by atoms with E-state index in [2.05, 4.69) is 17.1 Å². The Bertz CT molecular complexity index is 229. The zero-order valence-corrected chi connectivity index (χ0v) is 9.91. The van der Waals surface area contributed by atoms with E-state index in [4.69, 9.17) is 0 Å². The molecule has 2 nitrogen and oxygen atoms in total. The molecule has 1 heterocycles. The number of hydrogen-bond donors (Lipinski definition) is 1. The summed E-state index contributed by atoms with van der Waals surface area (Å²) >= 11 is 0. The fourth-order valence-electron chi connectivity index (χ4n) is 4.11. The molecule has 1 saturated heterocycles. The largest absolute Gasteiger partial charge is 0.312 e. The van der Waals surface area contributed by atoms with Crippen LogP contribution in [0.4, 0.5) is 0 Å². The van der Waals surface area contributed by atoms with Crippen molar-refractivity contribution in [1.82, 2.24) is 10.2 Å². The minimum Gasteiger partial charge on any atom is -0.312 e. The van der Waals surface area contributed by atoms with Crippen molar-refractivity contribution in [1.29, 1.82) is 0 Å². The summed E-state index contributed by atoms with van der Waals surface area (Å²) in [7, 11) is 0. The lowest BCUT2D eigenvalue weighted by molar-refractivity contribution is 0.153. The molecule has 0 aromatic heterocycles. The van der Waals surface area contributed by atoms with Crippen LogP contribution in [0.5, 0.6) is 0 Å². The van der Waals surface area contributed by atoms with Gasteiger partial charge >= 0.3 is 0 Å². The summed E-state index contributed by atoms with van der Waals surface area (Å²) in [6.45, 7) is 7.45. The molecule has 0 aromatic rings. The topological polar surface area (TPSA) is 15.3 Å². The van der Waals surface area contributed by atoms with Crippen molar-refractivity contribution in [2.75, 3.05) is 26.2 Å². The Morgan fingerprint density at radius 3 is 2.87 bits per heavy atom. The highest BCUT2D eigenvalue weighted by molar-refractivity contribution is 4.92. The lowest BCUT2D eigenvalue weighted by Crippen LogP contribution is -2.50. The number of rotatable bonds is 2. The normalized spacial score (nSPS) is 46.2. The summed E-state index contributed by atoms with van der Waals surface area (Å²) in [6, 6.07) is 0.706. The average molecular weight is 208 g/mol. The maximum atomic E-state index is 3.53. The molecule has 2 heteroatoms. The van der Waals surface area contributed by atoms with E-state index in [1.807, 2.05) is 0 Å². The predicted molar refractivity (Wildman–Crippen MR) is 62.8 cm³/mol. The Kier molecular flexibility index (Phi) is 2.73. The van der Waals surface area contributed by atoms with Crippen molar-refractivity contribution in [2.24, 2.45) is 17.8 Å². The van der Waals surface area contributed by atoms with E-state index in [1.165, 1.54) is 32.6 Å². The van der Waals surface area contributed by atoms with Crippen LogP contribution in [0.2, 0.25) is 0 Å². The van der Waals surface area contributed by atoms with Gasteiger partial charge in [0.05, 0.1) is 0 Å². The molecule has 1 aliphatic heterocycles. The summed E-state index contributed by atoms with van der Waals surface area (Å²) < 4.78 is 0. The van der Waals surface area contributed by atoms with E-state index in [-0.39, 0.29) is 0 Å². The van der Waals surface area contributed by atoms with Gasteiger partial charge in [0.15, 0.2) is 0 Å². The first-order valence-corrected chi connectivity index (χ1v) is 6.77. The number of hydrogen-bond acceptors (Lipinski definition) is 2. The van der Waals surface area contributed by atoms with Gasteiger partial charge in [-0.1, -0.05) is 6.42 Å². The molecular weight excluding hydrogens is 184 g/mol. The van der Waals surface area contributed by atoms with E-state index in [0.29, 0.717) is 6.04 Å². The first kappa shape index (κ1) is 10.1. The number of piperazine rings is 1. The van der Waals surface area contributed by atoms with E-state index >= 15 is 0 Å². The van der Waals surface area contributed by atoms with Crippen LogP contribution in [0.25, 0.3) is 0 Å². The molecule has 0 aromatic carbocycles. The fourth-order valence-corrected chi connectivity index (χ4v) is 4.11. The standard InChI is InChI=1S/C13H24N2/c1-10-8-15(5-4-14-10)9-13-7-11-2-3-12(13)6-11/h10-14H,2-9H2,1H3/t10-,11?,12?,13?/m0/s1. The predicted octanol–water partition coefficient (Wildman–Crippen LogP) is 1.72. The van der Waals surface area contributed by atoms with Crippen LogP contribution in [-0.2, 0) is 0 Å². The second-order valence-electron chi connectivity index (χ2n) is 6.05. The molecule has 86 valence electrons. The van der Waals surface area contributed by atoms with Gasteiger partial charge in [-0.05, 0) is 43.9 Å². The molecule has 2 saturated carbocycles. The van der Waals surface area contributed by atoms with Crippen molar-refractivity contribution >= 4 is 0 Å². The molecule has 3 fully saturated rings. The zero-order chi connectivity index (χ0) is 10.3. The van der Waals surface area contributed by atoms with Gasteiger partial charge in [0.2, 0.25) is 0 Å². The third kappa shape index (κ3) is 2.07. The van der Waals surface area contributed by atoms with E-state index in [9.17, 15) is 0 Å². The lowest BCUT2D eigenvalue weighted by Gasteiger charge is -2.35. The van der Waals surface area contributed by atoms with Crippen LogP contribution in [0.15, 0.2) is 0 Å². The summed E-state index contributed by atoms with van der Waals surface area (Å²) in [4.78, 5) is 2.70. The van der Waals surface area contributed by atoms with Crippen LogP contribution < -0.4 is 5.32 Å². The third-order valence-corrected chi connectivity index (χ3v) is 4.83. The van der Waals surface area contributed by atoms with Crippen LogP contribution in [-0.4, -0.2) is 37.1 Å². The molecular formula is C13H24N2. The maximum absolute atomic E-state index is 3.53. The van der Waals surface area contributed by atoms with E-state index < -0.39 is 0 Å². The number of nitrogens with zero attached hydrogens (tertiary/aromatic N) is 1. The van der Waals surface area contributed by atoms with E-state index in [0.717, 1.165) is 17.8 Å². The quantitative estimate of drug-likeness (QED) is 0.743. The highest BCUT2D eigenvalue weighted by Crippen LogP contribution is 2.48. The highest BCUT2D eigenvalue weighted by Gasteiger charge is 2.40. The van der Waals surface area contributed by atoms with E-state index in [1.54, 1.807) is 19.3 Å². The van der Waals surface area contributed by atoms with Crippen molar-refractivity contribution in [2.45, 2.75) is 38.6 Å². The van der Waals surface area contributed by atoms with Crippen LogP contribution in [0.3, 0.4) is 0 Å². The highest BCUT2D eigenvalue weighted by atomic mass is 15.2. The Morgan fingerprint density at radius 1 is 1.27 bits per heavy atom. The molecule has 0 spiro atoms. The molecule has 3 unspecified atom stereocenters. The Hall–Kier alpha value is -0.0800. The summed E-state index contributed by atoms with van der Waals surface area (Å²) in [6.07, 6.45) is 6.19. The Labute approximate surface area is 93.4 Å². The molecule has 4 atom stereocenters. The summed E-state index contributed by atoms with van der Waals surface area (Å²) in [5, 5.41) is 3.53. The molecule has 2 bridgehead atoms. The Balaban J connectivity index is 1.52. The third-order valence-electron chi connectivity index (χ3n) is 4.83. The summed E-state index contributed by atoms with van der Waals surface area (Å²) in [5.74, 6) is 3.26. The van der Waals surface area contributed by atoms with Crippen LogP contribution in [0, 0.1) is 17.8 Å². The average Bonchev–Trinajstić information content (AvgIpc) is 2.79. The smallest absolute Gasteiger partial charge is 0.0167 e. The second-order valence-corrected chi connectivity index (χ2v) is 6.05. The minimum atomic E-state index is 0.706. The van der Waals surface area contributed by atoms with Gasteiger partial charge in [0.25, 0.3) is 0 Å². The second kappa shape index (κ2) is 4.06. The molecule has 15 heavy (non-hydrogen) atoms. The monoisotopic (exact) mass is 208 g/mol. The minimum absolute atomic E-state index is 0.706. The molecule has 3 rings (SSSR count). The van der Waals surface area contributed by atoms with Gasteiger partial charge in [-0.15, -0.1) is 0 Å². The van der Waals surface area contributed by atoms with Gasteiger partial charge in [-0.2, -0.15) is 0 Å². The lowest BCUT2D eigenvalue weighted by atomic mass is 9.88. The molecule has 1 N–H and O–H groups in total. The first-order valence-electron chi connectivity index (χ1n) is 6.77. The van der Waals surface area contributed by atoms with Crippen molar-refractivity contribution in [3.63, 3.8) is 0 Å². The van der Waals surface area contributed by atoms with Gasteiger partial charge in [0, 0.05) is 32.2 Å². The van der Waals surface area contributed by atoms with Crippen molar-refractivity contribution in [3.05, 3.63) is 0 Å². The van der Waals surface area contributed by atoms with Gasteiger partial charge in [-0.25, -0.2) is 0 Å². The van der Waals surface area contributed by atoms with Crippen molar-refractivity contribution < 1.29 is 0 Å². The molecule has 2 aliphatic carbocycles. The van der Waals surface area contributed by atoms with Gasteiger partial charge < -0.3 is 10.2 Å². The molecule has 0 amide bonds. The van der Waals surface area contributed by atoms with Gasteiger partial charge in [0.1, 0.15) is 0 Å². The Morgan fingerprint density at radius 2 is 2.20 bits per heavy atom. The van der Waals surface area contributed by atoms with Gasteiger partial charge in [-0.3, -0.25) is 0 Å². The SMILES string of the molecule is C[C@H]1CN(CC2CC3CCC2C3)CCN1. The van der Waals surface area contributed by atoms with Crippen LogP contribution in [0.1, 0.15) is 32.6 Å². The maximum Gasteiger partial charge on any atom is 0.0167 e. The summed E-state index contributed by atoms with van der Waals surface area (Å²) in [5.41, 5.74) is 0. The van der Waals surface area contributed by atoms with Crippen molar-refractivity contribution in [3.8, 4) is 0 Å².